The lowest BCUT2D eigenvalue weighted by atomic mass is 10.2. The smallest absolute Gasteiger partial charge is 0.194 e. The second kappa shape index (κ2) is 5.67. The van der Waals surface area contributed by atoms with Gasteiger partial charge in [0.25, 0.3) is 0 Å². The second-order valence-electron chi connectivity index (χ2n) is 3.45. The van der Waals surface area contributed by atoms with Crippen molar-refractivity contribution in [1.29, 1.82) is 0 Å². The van der Waals surface area contributed by atoms with Crippen LogP contribution in [-0.4, -0.2) is 12.6 Å². The van der Waals surface area contributed by atoms with E-state index in [1.807, 2.05) is 0 Å². The van der Waals surface area contributed by atoms with Crippen molar-refractivity contribution in [3.05, 3.63) is 29.1 Å². The van der Waals surface area contributed by atoms with Crippen LogP contribution >= 0.6 is 0 Å². The molecule has 1 rings (SSSR count). The first-order valence-electron chi connectivity index (χ1n) is 5.05. The molecule has 0 bridgehead atoms. The number of benzene rings is 1. The summed E-state index contributed by atoms with van der Waals surface area (Å²) in [6.45, 7) is 3.10. The van der Waals surface area contributed by atoms with Crippen LogP contribution in [0.25, 0.3) is 0 Å². The average Bonchev–Trinajstić information content (AvgIpc) is 2.32. The minimum atomic E-state index is -1.51. The highest BCUT2D eigenvalue weighted by atomic mass is 19.2. The number of halogens is 3. The summed E-state index contributed by atoms with van der Waals surface area (Å²) < 4.78 is 43.8. The van der Waals surface area contributed by atoms with E-state index in [2.05, 4.69) is 4.99 Å². The van der Waals surface area contributed by atoms with Crippen LogP contribution in [0.1, 0.15) is 18.9 Å². The lowest BCUT2D eigenvalue weighted by Gasteiger charge is -2.07. The average molecular weight is 246 g/mol. The molecule has 94 valence electrons. The first-order valence-corrected chi connectivity index (χ1v) is 5.05. The molecule has 0 spiro atoms. The first-order chi connectivity index (χ1) is 7.97. The van der Waals surface area contributed by atoms with Crippen LogP contribution in [0.5, 0.6) is 0 Å². The van der Waals surface area contributed by atoms with Crippen molar-refractivity contribution in [1.82, 2.24) is 0 Å². The normalized spacial score (nSPS) is 13.1. The topological polar surface area (TPSA) is 47.6 Å². The molecule has 1 aromatic carbocycles. The Bertz CT molecular complexity index is 435. The Morgan fingerprint density at radius 3 is 2.65 bits per heavy atom. The van der Waals surface area contributed by atoms with Gasteiger partial charge in [-0.15, -0.1) is 0 Å². The third-order valence-electron chi connectivity index (χ3n) is 2.21. The van der Waals surface area contributed by atoms with Crippen molar-refractivity contribution in [2.24, 2.45) is 10.7 Å². The number of hydrogen-bond acceptors (Lipinski definition) is 3. The fraction of sp³-hybridized carbons (Fsp3) is 0.364. The van der Waals surface area contributed by atoms with Gasteiger partial charge in [-0.25, -0.2) is 18.2 Å². The Morgan fingerprint density at radius 2 is 2.06 bits per heavy atom. The van der Waals surface area contributed by atoms with Gasteiger partial charge in [0.1, 0.15) is 6.23 Å². The van der Waals surface area contributed by atoms with Gasteiger partial charge in [-0.1, -0.05) is 6.92 Å². The van der Waals surface area contributed by atoms with Crippen LogP contribution in [0.4, 0.5) is 18.9 Å². The number of nitrogens with zero attached hydrogens (tertiary/aromatic N) is 1. The molecule has 0 saturated heterocycles. The molecule has 17 heavy (non-hydrogen) atoms. The summed E-state index contributed by atoms with van der Waals surface area (Å²) in [4.78, 5) is 3.68. The maximum Gasteiger partial charge on any atom is 0.194 e. The molecule has 0 aliphatic carbocycles. The Kier molecular flexibility index (Phi) is 4.51. The molecule has 1 aromatic rings. The molecule has 0 saturated carbocycles. The molecular formula is C11H13F3N2O. The van der Waals surface area contributed by atoms with Crippen LogP contribution in [0.2, 0.25) is 0 Å². The van der Waals surface area contributed by atoms with Crippen LogP contribution in [0.15, 0.2) is 11.1 Å². The molecule has 6 heteroatoms. The summed E-state index contributed by atoms with van der Waals surface area (Å²) in [6.07, 6.45) is 1.03. The van der Waals surface area contributed by atoms with E-state index in [9.17, 15) is 13.2 Å². The van der Waals surface area contributed by atoms with Crippen LogP contribution in [-0.2, 0) is 4.74 Å². The minimum absolute atomic E-state index is 0.0373. The molecule has 1 unspecified atom stereocenters. The lowest BCUT2D eigenvalue weighted by Crippen LogP contribution is -2.21. The summed E-state index contributed by atoms with van der Waals surface area (Å²) in [5, 5.41) is 0. The van der Waals surface area contributed by atoms with Gasteiger partial charge < -0.3 is 4.74 Å². The number of hydrogen-bond donors (Lipinski definition) is 1. The van der Waals surface area contributed by atoms with Gasteiger partial charge >= 0.3 is 0 Å². The standard InChI is InChI=1S/C11H13F3N2O/c1-3-9(15)17-5-16-8-4-7(12)11(14)10(13)6(8)2/h4-5,9H,3,15H2,1-2H3. The molecule has 1 atom stereocenters. The summed E-state index contributed by atoms with van der Waals surface area (Å²) in [7, 11) is 0. The number of rotatable bonds is 4. The van der Waals surface area contributed by atoms with Crippen molar-refractivity contribution in [2.45, 2.75) is 26.5 Å². The highest BCUT2D eigenvalue weighted by Crippen LogP contribution is 2.25. The van der Waals surface area contributed by atoms with E-state index in [1.54, 1.807) is 6.92 Å². The van der Waals surface area contributed by atoms with E-state index in [-0.39, 0.29) is 11.3 Å². The van der Waals surface area contributed by atoms with E-state index >= 15 is 0 Å². The summed E-state index contributed by atoms with van der Waals surface area (Å²) in [6, 6.07) is 0.797. The van der Waals surface area contributed by atoms with Crippen molar-refractivity contribution >= 4 is 12.1 Å². The Balaban J connectivity index is 2.92. The molecule has 3 nitrogen and oxygen atoms in total. The van der Waals surface area contributed by atoms with E-state index < -0.39 is 23.7 Å². The summed E-state index contributed by atoms with van der Waals surface area (Å²) in [5.41, 5.74) is 5.31. The largest absolute Gasteiger partial charge is 0.465 e. The Labute approximate surface area is 97.1 Å². The Hall–Kier alpha value is -1.56. The molecule has 2 N–H and O–H groups in total. The third-order valence-corrected chi connectivity index (χ3v) is 2.21. The molecule has 0 fully saturated rings. The molecule has 0 aliphatic rings. The van der Waals surface area contributed by atoms with Gasteiger partial charge in [0, 0.05) is 11.6 Å². The van der Waals surface area contributed by atoms with Crippen molar-refractivity contribution in [3.8, 4) is 0 Å². The highest BCUT2D eigenvalue weighted by molar-refractivity contribution is 5.58. The lowest BCUT2D eigenvalue weighted by molar-refractivity contribution is 0.203. The zero-order valence-electron chi connectivity index (χ0n) is 9.51. The highest BCUT2D eigenvalue weighted by Gasteiger charge is 2.14. The van der Waals surface area contributed by atoms with Gasteiger partial charge in [0.15, 0.2) is 23.9 Å². The first kappa shape index (κ1) is 13.5. The van der Waals surface area contributed by atoms with E-state index in [0.717, 1.165) is 12.5 Å². The van der Waals surface area contributed by atoms with Crippen LogP contribution in [0.3, 0.4) is 0 Å². The fourth-order valence-electron chi connectivity index (χ4n) is 1.07. The SMILES string of the molecule is CCC(N)OC=Nc1cc(F)c(F)c(F)c1C. The van der Waals surface area contributed by atoms with E-state index in [0.29, 0.717) is 6.42 Å². The molecule has 0 heterocycles. The van der Waals surface area contributed by atoms with Crippen molar-refractivity contribution in [2.75, 3.05) is 0 Å². The van der Waals surface area contributed by atoms with Gasteiger partial charge in [-0.2, -0.15) is 0 Å². The molecule has 0 aromatic heterocycles. The zero-order valence-corrected chi connectivity index (χ0v) is 9.51. The Morgan fingerprint density at radius 1 is 1.41 bits per heavy atom. The molecule has 0 amide bonds. The van der Waals surface area contributed by atoms with Crippen LogP contribution in [0, 0.1) is 24.4 Å². The third kappa shape index (κ3) is 3.20. The van der Waals surface area contributed by atoms with E-state index in [1.165, 1.54) is 6.92 Å². The van der Waals surface area contributed by atoms with Gasteiger partial charge in [-0.3, -0.25) is 5.73 Å². The summed E-state index contributed by atoms with van der Waals surface area (Å²) >= 11 is 0. The van der Waals surface area contributed by atoms with Gasteiger partial charge in [0.2, 0.25) is 0 Å². The number of aliphatic imine (C=N–C) groups is 1. The predicted octanol–water partition coefficient (Wildman–Crippen LogP) is 2.78. The minimum Gasteiger partial charge on any atom is -0.465 e. The van der Waals surface area contributed by atoms with Gasteiger partial charge in [-0.05, 0) is 13.3 Å². The molecular weight excluding hydrogens is 233 g/mol. The van der Waals surface area contributed by atoms with Crippen molar-refractivity contribution < 1.29 is 17.9 Å². The number of ether oxygens (including phenoxy) is 1. The summed E-state index contributed by atoms with van der Waals surface area (Å²) in [5.74, 6) is -4.05. The van der Waals surface area contributed by atoms with Gasteiger partial charge in [0.05, 0.1) is 5.69 Å². The quantitative estimate of drug-likeness (QED) is 0.384. The number of nitrogens with two attached hydrogens (primary N) is 1. The molecule has 0 radical (unpaired) electrons. The van der Waals surface area contributed by atoms with Crippen molar-refractivity contribution in [3.63, 3.8) is 0 Å². The fourth-order valence-corrected chi connectivity index (χ4v) is 1.07. The van der Waals surface area contributed by atoms with Crippen LogP contribution < -0.4 is 5.73 Å². The predicted molar refractivity (Wildman–Crippen MR) is 58.6 cm³/mol. The monoisotopic (exact) mass is 246 g/mol. The molecule has 0 aliphatic heterocycles. The maximum atomic E-state index is 13.1. The second-order valence-corrected chi connectivity index (χ2v) is 3.45. The van der Waals surface area contributed by atoms with E-state index in [4.69, 9.17) is 10.5 Å². The zero-order chi connectivity index (χ0) is 13.0. The maximum absolute atomic E-state index is 13.1.